The zero-order valence-corrected chi connectivity index (χ0v) is 9.86. The quantitative estimate of drug-likeness (QED) is 0.546. The van der Waals surface area contributed by atoms with E-state index in [1.165, 1.54) is 32.1 Å². The average molecular weight is 186 g/mol. The fourth-order valence-electron chi connectivity index (χ4n) is 1.11. The molecule has 0 aliphatic heterocycles. The van der Waals surface area contributed by atoms with Crippen LogP contribution in [0.2, 0.25) is 0 Å². The Bertz CT molecular complexity index is 102. The molecule has 1 nitrogen and oxygen atoms in total. The maximum atomic E-state index is 5.56. The molecule has 0 aliphatic carbocycles. The van der Waals surface area contributed by atoms with Crippen LogP contribution in [-0.2, 0) is 4.74 Å². The number of hydrogen-bond donors (Lipinski definition) is 0. The van der Waals surface area contributed by atoms with E-state index in [1.54, 1.807) is 0 Å². The lowest BCUT2D eigenvalue weighted by atomic mass is 9.93. The number of unbranched alkanes of at least 4 members (excludes halogenated alkanes) is 3. The molecule has 0 aromatic carbocycles. The van der Waals surface area contributed by atoms with E-state index < -0.39 is 0 Å². The molecule has 0 rings (SSSR count). The minimum absolute atomic E-state index is 0.420. The maximum Gasteiger partial charge on any atom is 0.0471 e. The van der Waals surface area contributed by atoms with Crippen molar-refractivity contribution in [3.63, 3.8) is 0 Å². The molecule has 0 aliphatic rings. The van der Waals surface area contributed by atoms with E-state index in [9.17, 15) is 0 Å². The number of ether oxygens (including phenoxy) is 1. The van der Waals surface area contributed by atoms with E-state index in [1.807, 2.05) is 0 Å². The topological polar surface area (TPSA) is 9.23 Å². The highest BCUT2D eigenvalue weighted by molar-refractivity contribution is 4.59. The molecule has 0 bridgehead atoms. The van der Waals surface area contributed by atoms with Crippen LogP contribution in [0.15, 0.2) is 0 Å². The minimum atomic E-state index is 0.420. The Morgan fingerprint density at radius 2 is 1.62 bits per heavy atom. The van der Waals surface area contributed by atoms with Crippen molar-refractivity contribution >= 4 is 0 Å². The summed E-state index contributed by atoms with van der Waals surface area (Å²) in [7, 11) is 0. The Morgan fingerprint density at radius 3 is 2.15 bits per heavy atom. The van der Waals surface area contributed by atoms with Crippen LogP contribution in [0.3, 0.4) is 0 Å². The van der Waals surface area contributed by atoms with Gasteiger partial charge < -0.3 is 4.74 Å². The third kappa shape index (κ3) is 12.0. The van der Waals surface area contributed by atoms with Crippen LogP contribution in [0.25, 0.3) is 0 Å². The summed E-state index contributed by atoms with van der Waals surface area (Å²) in [4.78, 5) is 0. The van der Waals surface area contributed by atoms with E-state index in [-0.39, 0.29) is 0 Å². The van der Waals surface area contributed by atoms with Gasteiger partial charge in [0.25, 0.3) is 0 Å². The van der Waals surface area contributed by atoms with Gasteiger partial charge in [-0.25, -0.2) is 0 Å². The van der Waals surface area contributed by atoms with E-state index in [0.29, 0.717) is 5.41 Å². The molecule has 0 N–H and O–H groups in total. The van der Waals surface area contributed by atoms with Crippen molar-refractivity contribution in [1.29, 1.82) is 0 Å². The van der Waals surface area contributed by atoms with Crippen LogP contribution in [0.1, 0.15) is 59.8 Å². The fraction of sp³-hybridized carbons (Fsp3) is 1.00. The molecule has 0 amide bonds. The van der Waals surface area contributed by atoms with Gasteiger partial charge >= 0.3 is 0 Å². The predicted octanol–water partition coefficient (Wildman–Crippen LogP) is 4.02. The molecule has 1 heteroatoms. The van der Waals surface area contributed by atoms with Crippen molar-refractivity contribution in [1.82, 2.24) is 0 Å². The molecule has 0 heterocycles. The highest BCUT2D eigenvalue weighted by atomic mass is 16.5. The first kappa shape index (κ1) is 13.0. The Kier molecular flexibility index (Phi) is 7.35. The summed E-state index contributed by atoms with van der Waals surface area (Å²) < 4.78 is 5.56. The van der Waals surface area contributed by atoms with Gasteiger partial charge in [-0.1, -0.05) is 47.0 Å². The summed E-state index contributed by atoms with van der Waals surface area (Å²) in [5, 5.41) is 0. The Labute approximate surface area is 83.9 Å². The highest BCUT2D eigenvalue weighted by Gasteiger charge is 2.08. The molecule has 0 fully saturated rings. The maximum absolute atomic E-state index is 5.56. The number of hydrogen-bond acceptors (Lipinski definition) is 1. The summed E-state index contributed by atoms with van der Waals surface area (Å²) in [6.07, 6.45) is 6.38. The summed E-state index contributed by atoms with van der Waals surface area (Å²) >= 11 is 0. The summed E-state index contributed by atoms with van der Waals surface area (Å²) in [5.41, 5.74) is 0.420. The lowest BCUT2D eigenvalue weighted by molar-refractivity contribution is 0.105. The van der Waals surface area contributed by atoms with Gasteiger partial charge in [0.2, 0.25) is 0 Å². The molecular weight excluding hydrogens is 160 g/mol. The van der Waals surface area contributed by atoms with Crippen LogP contribution >= 0.6 is 0 Å². The summed E-state index contributed by atoms with van der Waals surface area (Å²) in [5.74, 6) is 0. The molecule has 0 radical (unpaired) electrons. The standard InChI is InChI=1S/C12H26O/c1-5-6-7-8-10-13-11-9-12(2,3)4/h5-11H2,1-4H3. The molecule has 0 saturated carbocycles. The van der Waals surface area contributed by atoms with E-state index >= 15 is 0 Å². The van der Waals surface area contributed by atoms with Crippen LogP contribution in [0.4, 0.5) is 0 Å². The molecule has 0 aromatic rings. The van der Waals surface area contributed by atoms with Crippen LogP contribution < -0.4 is 0 Å². The smallest absolute Gasteiger partial charge is 0.0471 e. The monoisotopic (exact) mass is 186 g/mol. The summed E-state index contributed by atoms with van der Waals surface area (Å²) in [6.45, 7) is 10.9. The Morgan fingerprint density at radius 1 is 0.923 bits per heavy atom. The van der Waals surface area contributed by atoms with Crippen LogP contribution in [-0.4, -0.2) is 13.2 Å². The molecule has 13 heavy (non-hydrogen) atoms. The van der Waals surface area contributed by atoms with Gasteiger partial charge in [-0.2, -0.15) is 0 Å². The SMILES string of the molecule is CCCCCCOCCC(C)(C)C. The van der Waals surface area contributed by atoms with Gasteiger partial charge in [0.15, 0.2) is 0 Å². The summed E-state index contributed by atoms with van der Waals surface area (Å²) in [6, 6.07) is 0. The third-order valence-corrected chi connectivity index (χ3v) is 2.14. The van der Waals surface area contributed by atoms with Crippen molar-refractivity contribution < 1.29 is 4.74 Å². The first-order chi connectivity index (χ1) is 6.06. The van der Waals surface area contributed by atoms with Crippen molar-refractivity contribution in [3.05, 3.63) is 0 Å². The van der Waals surface area contributed by atoms with Crippen molar-refractivity contribution in [3.8, 4) is 0 Å². The zero-order chi connectivity index (χ0) is 10.2. The second kappa shape index (κ2) is 7.37. The normalized spacial score (nSPS) is 12.0. The van der Waals surface area contributed by atoms with Gasteiger partial charge in [-0.05, 0) is 18.3 Å². The van der Waals surface area contributed by atoms with E-state index in [2.05, 4.69) is 27.7 Å². The van der Waals surface area contributed by atoms with Gasteiger partial charge in [0, 0.05) is 13.2 Å². The van der Waals surface area contributed by atoms with Gasteiger partial charge in [0.05, 0.1) is 0 Å². The number of rotatable bonds is 7. The van der Waals surface area contributed by atoms with Crippen molar-refractivity contribution in [2.45, 2.75) is 59.8 Å². The van der Waals surface area contributed by atoms with Crippen molar-refractivity contribution in [2.24, 2.45) is 5.41 Å². The first-order valence-electron chi connectivity index (χ1n) is 5.64. The van der Waals surface area contributed by atoms with Gasteiger partial charge in [-0.3, -0.25) is 0 Å². The van der Waals surface area contributed by atoms with Crippen LogP contribution in [0, 0.1) is 5.41 Å². The second-order valence-corrected chi connectivity index (χ2v) is 4.98. The molecule has 80 valence electrons. The first-order valence-corrected chi connectivity index (χ1v) is 5.64. The van der Waals surface area contributed by atoms with Crippen molar-refractivity contribution in [2.75, 3.05) is 13.2 Å². The zero-order valence-electron chi connectivity index (χ0n) is 9.86. The predicted molar refractivity (Wildman–Crippen MR) is 59.0 cm³/mol. The molecule has 0 spiro atoms. The largest absolute Gasteiger partial charge is 0.381 e. The minimum Gasteiger partial charge on any atom is -0.381 e. The third-order valence-electron chi connectivity index (χ3n) is 2.14. The van der Waals surface area contributed by atoms with Crippen LogP contribution in [0.5, 0.6) is 0 Å². The fourth-order valence-corrected chi connectivity index (χ4v) is 1.11. The van der Waals surface area contributed by atoms with E-state index in [0.717, 1.165) is 13.2 Å². The van der Waals surface area contributed by atoms with Gasteiger partial charge in [-0.15, -0.1) is 0 Å². The molecular formula is C12H26O. The Hall–Kier alpha value is -0.0400. The second-order valence-electron chi connectivity index (χ2n) is 4.98. The average Bonchev–Trinajstić information content (AvgIpc) is 2.01. The molecule has 0 unspecified atom stereocenters. The Balaban J connectivity index is 3.00. The van der Waals surface area contributed by atoms with Gasteiger partial charge in [0.1, 0.15) is 0 Å². The highest BCUT2D eigenvalue weighted by Crippen LogP contribution is 2.17. The lowest BCUT2D eigenvalue weighted by Crippen LogP contribution is -2.09. The molecule has 0 aromatic heterocycles. The molecule has 0 saturated heterocycles. The van der Waals surface area contributed by atoms with E-state index in [4.69, 9.17) is 4.74 Å². The molecule has 0 atom stereocenters. The lowest BCUT2D eigenvalue weighted by Gasteiger charge is -2.17.